The number of carbonyl (C=O) groups is 1. The van der Waals surface area contributed by atoms with Crippen LogP contribution >= 0.6 is 0 Å². The minimum atomic E-state index is -4.47. The first-order valence-corrected chi connectivity index (χ1v) is 12.5. The molecule has 1 amide bonds. The lowest BCUT2D eigenvalue weighted by molar-refractivity contribution is -0.141. The number of piperidine rings is 1. The predicted octanol–water partition coefficient (Wildman–Crippen LogP) is 4.53. The molecule has 0 radical (unpaired) electrons. The zero-order chi connectivity index (χ0) is 26.8. The minimum absolute atomic E-state index is 0.0357. The molecule has 2 saturated heterocycles. The number of nitrogens with zero attached hydrogens (tertiary/aromatic N) is 5. The van der Waals surface area contributed by atoms with E-state index < -0.39 is 11.9 Å². The summed E-state index contributed by atoms with van der Waals surface area (Å²) in [5, 5.41) is 11.3. The van der Waals surface area contributed by atoms with Gasteiger partial charge in [0.05, 0.1) is 0 Å². The van der Waals surface area contributed by atoms with Crippen LogP contribution in [0.25, 0.3) is 0 Å². The quantitative estimate of drug-likeness (QED) is 0.484. The molecular weight excluding hydrogens is 497 g/mol. The van der Waals surface area contributed by atoms with Crippen molar-refractivity contribution in [3.8, 4) is 5.88 Å². The smallest absolute Gasteiger partial charge is 0.433 e. The summed E-state index contributed by atoms with van der Waals surface area (Å²) in [6.07, 6.45) is -1.19. The molecule has 1 N–H and O–H groups in total. The summed E-state index contributed by atoms with van der Waals surface area (Å²) < 4.78 is 43.3. The number of hydrogen-bond acceptors (Lipinski definition) is 7. The van der Waals surface area contributed by atoms with Gasteiger partial charge in [0, 0.05) is 68.6 Å². The second-order valence-electron chi connectivity index (χ2n) is 9.98. The van der Waals surface area contributed by atoms with Gasteiger partial charge in [-0.1, -0.05) is 18.2 Å². The number of likely N-dealkylation sites (tertiary alicyclic amines) is 1. The van der Waals surface area contributed by atoms with Crippen LogP contribution in [0.4, 0.5) is 24.7 Å². The summed E-state index contributed by atoms with van der Waals surface area (Å²) in [4.78, 5) is 19.3. The third-order valence-electron chi connectivity index (χ3n) is 7.24. The lowest BCUT2D eigenvalue weighted by Gasteiger charge is -2.55. The van der Waals surface area contributed by atoms with Crippen LogP contribution in [-0.4, -0.2) is 52.2 Å². The maximum atomic E-state index is 12.6. The number of anilines is 2. The number of aromatic nitrogens is 3. The molecule has 5 rings (SSSR count). The number of nitrogens with one attached hydrogen (secondary N) is 1. The van der Waals surface area contributed by atoms with Crippen LogP contribution in [0.5, 0.6) is 5.88 Å². The van der Waals surface area contributed by atoms with Gasteiger partial charge < -0.3 is 19.9 Å². The van der Waals surface area contributed by atoms with Crippen molar-refractivity contribution in [2.24, 2.45) is 5.41 Å². The molecule has 2 aromatic heterocycles. The molecule has 1 aromatic carbocycles. The Morgan fingerprint density at radius 2 is 1.71 bits per heavy atom. The topological polar surface area (TPSA) is 83.5 Å². The zero-order valence-electron chi connectivity index (χ0n) is 21.0. The van der Waals surface area contributed by atoms with Crippen LogP contribution in [0, 0.1) is 5.41 Å². The number of halogens is 3. The van der Waals surface area contributed by atoms with Gasteiger partial charge in [-0.15, -0.1) is 10.2 Å². The highest BCUT2D eigenvalue weighted by molar-refractivity contribution is 5.73. The molecule has 200 valence electrons. The molecule has 8 nitrogen and oxygen atoms in total. The molecule has 2 fully saturated rings. The van der Waals surface area contributed by atoms with E-state index in [1.54, 1.807) is 19.1 Å². The molecule has 2 aliphatic heterocycles. The normalized spacial score (nSPS) is 16.7. The van der Waals surface area contributed by atoms with Gasteiger partial charge in [-0.3, -0.25) is 9.78 Å². The van der Waals surface area contributed by atoms with Crippen LogP contribution in [0.15, 0.2) is 54.7 Å². The monoisotopic (exact) mass is 526 g/mol. The van der Waals surface area contributed by atoms with E-state index in [0.29, 0.717) is 23.3 Å². The number of amides is 1. The first kappa shape index (κ1) is 25.7. The minimum Gasteiger partial charge on any atom is -0.472 e. The van der Waals surface area contributed by atoms with E-state index in [1.165, 1.54) is 11.8 Å². The van der Waals surface area contributed by atoms with Crippen molar-refractivity contribution in [2.75, 3.05) is 36.4 Å². The Bertz CT molecular complexity index is 1230. The average molecular weight is 527 g/mol. The summed E-state index contributed by atoms with van der Waals surface area (Å²) in [5.41, 5.74) is 2.21. The van der Waals surface area contributed by atoms with Crippen LogP contribution in [0.1, 0.15) is 36.6 Å². The van der Waals surface area contributed by atoms with Gasteiger partial charge in [-0.25, -0.2) is 0 Å². The standard InChI is InChI=1S/C27H29F3N6O2/c1-19(37)35-12-10-26(11-13-35)17-36(18-26)22-5-2-20(3-6-22)14-32-24-8-9-25(34-33-24)38-16-21-4-7-23(31-15-21)27(28,29)30/h2-9,15H,10-14,16-18H2,1H3,(H,32,33). The molecule has 0 atom stereocenters. The predicted molar refractivity (Wildman–Crippen MR) is 136 cm³/mol. The van der Waals surface area contributed by atoms with Crippen molar-refractivity contribution in [3.63, 3.8) is 0 Å². The summed E-state index contributed by atoms with van der Waals surface area (Å²) >= 11 is 0. The van der Waals surface area contributed by atoms with Crippen molar-refractivity contribution in [2.45, 2.75) is 39.1 Å². The fraction of sp³-hybridized carbons (Fsp3) is 0.407. The lowest BCUT2D eigenvalue weighted by Crippen LogP contribution is -2.60. The number of ether oxygens (including phenoxy) is 1. The van der Waals surface area contributed by atoms with Gasteiger partial charge in [-0.05, 0) is 42.7 Å². The molecule has 38 heavy (non-hydrogen) atoms. The Morgan fingerprint density at radius 1 is 1.00 bits per heavy atom. The third-order valence-corrected chi connectivity index (χ3v) is 7.24. The van der Waals surface area contributed by atoms with Gasteiger partial charge in [-0.2, -0.15) is 13.2 Å². The van der Waals surface area contributed by atoms with E-state index in [0.717, 1.165) is 56.8 Å². The highest BCUT2D eigenvalue weighted by Crippen LogP contribution is 2.42. The molecule has 0 bridgehead atoms. The summed E-state index contributed by atoms with van der Waals surface area (Å²) in [5.74, 6) is 1.02. The van der Waals surface area contributed by atoms with Crippen molar-refractivity contribution >= 4 is 17.4 Å². The summed E-state index contributed by atoms with van der Waals surface area (Å²) in [6, 6.07) is 14.1. The van der Waals surface area contributed by atoms with Gasteiger partial charge >= 0.3 is 6.18 Å². The number of carbonyl (C=O) groups excluding carboxylic acids is 1. The fourth-order valence-corrected chi connectivity index (χ4v) is 4.90. The Balaban J connectivity index is 1.05. The van der Waals surface area contributed by atoms with Crippen LogP contribution in [0.3, 0.4) is 0 Å². The Hall–Kier alpha value is -3.89. The molecule has 4 heterocycles. The fourth-order valence-electron chi connectivity index (χ4n) is 4.90. The van der Waals surface area contributed by atoms with Crippen molar-refractivity contribution in [3.05, 3.63) is 71.5 Å². The first-order chi connectivity index (χ1) is 18.2. The number of pyridine rings is 1. The molecule has 2 aliphatic rings. The van der Waals surface area contributed by atoms with E-state index in [4.69, 9.17) is 4.74 Å². The highest BCUT2D eigenvalue weighted by atomic mass is 19.4. The Labute approximate surface area is 218 Å². The first-order valence-electron chi connectivity index (χ1n) is 12.5. The third kappa shape index (κ3) is 5.98. The average Bonchev–Trinajstić information content (AvgIpc) is 2.90. The molecular formula is C27H29F3N6O2. The van der Waals surface area contributed by atoms with Gasteiger partial charge in [0.1, 0.15) is 18.1 Å². The van der Waals surface area contributed by atoms with Crippen molar-refractivity contribution in [1.29, 1.82) is 0 Å². The number of benzene rings is 1. The Kier molecular flexibility index (Phi) is 7.09. The maximum absolute atomic E-state index is 12.6. The second-order valence-corrected chi connectivity index (χ2v) is 9.98. The maximum Gasteiger partial charge on any atom is 0.433 e. The number of rotatable bonds is 7. The van der Waals surface area contributed by atoms with E-state index in [-0.39, 0.29) is 18.4 Å². The van der Waals surface area contributed by atoms with Crippen LogP contribution in [0.2, 0.25) is 0 Å². The SMILES string of the molecule is CC(=O)N1CCC2(CC1)CN(c1ccc(CNc3ccc(OCc4ccc(C(F)(F)F)nc4)nn3)cc1)C2. The number of hydrogen-bond donors (Lipinski definition) is 1. The van der Waals surface area contributed by atoms with Crippen molar-refractivity contribution in [1.82, 2.24) is 20.1 Å². The largest absolute Gasteiger partial charge is 0.472 e. The van der Waals surface area contributed by atoms with Crippen LogP contribution < -0.4 is 15.0 Å². The summed E-state index contributed by atoms with van der Waals surface area (Å²) in [7, 11) is 0. The Morgan fingerprint density at radius 3 is 2.29 bits per heavy atom. The molecule has 0 saturated carbocycles. The van der Waals surface area contributed by atoms with Gasteiger partial charge in [0.25, 0.3) is 0 Å². The van der Waals surface area contributed by atoms with Crippen molar-refractivity contribution < 1.29 is 22.7 Å². The van der Waals surface area contributed by atoms with E-state index in [9.17, 15) is 18.0 Å². The van der Waals surface area contributed by atoms with E-state index in [1.807, 2.05) is 4.90 Å². The van der Waals surface area contributed by atoms with Gasteiger partial charge in [0.15, 0.2) is 0 Å². The molecule has 3 aromatic rings. The number of alkyl halides is 3. The molecule has 1 spiro atoms. The summed E-state index contributed by atoms with van der Waals surface area (Å²) in [6.45, 7) is 6.06. The van der Waals surface area contributed by atoms with Crippen LogP contribution in [-0.2, 0) is 24.1 Å². The lowest BCUT2D eigenvalue weighted by atomic mass is 9.71. The van der Waals surface area contributed by atoms with Gasteiger partial charge in [0.2, 0.25) is 11.8 Å². The van der Waals surface area contributed by atoms with E-state index in [2.05, 4.69) is 49.7 Å². The zero-order valence-corrected chi connectivity index (χ0v) is 21.0. The van der Waals surface area contributed by atoms with E-state index >= 15 is 0 Å². The molecule has 0 aliphatic carbocycles. The molecule has 0 unspecified atom stereocenters. The highest BCUT2D eigenvalue weighted by Gasteiger charge is 2.45. The second kappa shape index (κ2) is 10.5. The molecule has 11 heteroatoms.